The minimum absolute atomic E-state index is 0.170. The summed E-state index contributed by atoms with van der Waals surface area (Å²) in [5.74, 6) is -0.568. The molecule has 0 heterocycles. The highest BCUT2D eigenvalue weighted by atomic mass is 19.1. The zero-order chi connectivity index (χ0) is 17.5. The van der Waals surface area contributed by atoms with Gasteiger partial charge in [-0.15, -0.1) is 0 Å². The van der Waals surface area contributed by atoms with E-state index in [0.717, 1.165) is 36.9 Å². The number of benzene rings is 2. The highest BCUT2D eigenvalue weighted by molar-refractivity contribution is 5.92. The maximum atomic E-state index is 13.4. The van der Waals surface area contributed by atoms with Crippen molar-refractivity contribution >= 4 is 5.91 Å². The van der Waals surface area contributed by atoms with Gasteiger partial charge < -0.3 is 11.1 Å². The van der Waals surface area contributed by atoms with Crippen LogP contribution in [0.15, 0.2) is 42.5 Å². The Morgan fingerprint density at radius 1 is 1.17 bits per heavy atom. The smallest absolute Gasteiger partial charge is 0.248 e. The van der Waals surface area contributed by atoms with E-state index in [4.69, 9.17) is 5.73 Å². The van der Waals surface area contributed by atoms with Crippen LogP contribution in [0.4, 0.5) is 4.39 Å². The number of amides is 1. The average Bonchev–Trinajstić information content (AvgIpc) is 2.51. The predicted molar refractivity (Wildman–Crippen MR) is 95.6 cm³/mol. The van der Waals surface area contributed by atoms with Crippen LogP contribution in [0.2, 0.25) is 0 Å². The lowest BCUT2D eigenvalue weighted by molar-refractivity contribution is 0.100. The van der Waals surface area contributed by atoms with Crippen LogP contribution in [0.3, 0.4) is 0 Å². The van der Waals surface area contributed by atoms with E-state index in [2.05, 4.69) is 12.2 Å². The summed E-state index contributed by atoms with van der Waals surface area (Å²) in [7, 11) is 0. The van der Waals surface area contributed by atoms with E-state index in [1.807, 2.05) is 25.1 Å². The summed E-state index contributed by atoms with van der Waals surface area (Å²) < 4.78 is 13.4. The summed E-state index contributed by atoms with van der Waals surface area (Å²) in [6, 6.07) is 12.9. The molecule has 0 saturated heterocycles. The third-order valence-corrected chi connectivity index (χ3v) is 4.02. The topological polar surface area (TPSA) is 55.1 Å². The van der Waals surface area contributed by atoms with Crippen molar-refractivity contribution in [2.24, 2.45) is 5.73 Å². The van der Waals surface area contributed by atoms with E-state index >= 15 is 0 Å². The molecule has 3 N–H and O–H groups in total. The number of hydrogen-bond donors (Lipinski definition) is 2. The number of aryl methyl sites for hydroxylation is 2. The van der Waals surface area contributed by atoms with Crippen LogP contribution >= 0.6 is 0 Å². The minimum Gasteiger partial charge on any atom is -0.366 e. The van der Waals surface area contributed by atoms with Crippen molar-refractivity contribution in [2.45, 2.75) is 39.2 Å². The second-order valence-electron chi connectivity index (χ2n) is 6.36. The fourth-order valence-corrected chi connectivity index (χ4v) is 2.83. The lowest BCUT2D eigenvalue weighted by atomic mass is 10.0. The molecule has 1 atom stereocenters. The Balaban J connectivity index is 1.72. The third-order valence-electron chi connectivity index (χ3n) is 4.02. The van der Waals surface area contributed by atoms with Gasteiger partial charge in [0.1, 0.15) is 5.82 Å². The fraction of sp³-hybridized carbons (Fsp3) is 0.350. The zero-order valence-corrected chi connectivity index (χ0v) is 14.3. The Hall–Kier alpha value is -2.20. The van der Waals surface area contributed by atoms with Crippen LogP contribution in [-0.4, -0.2) is 18.5 Å². The molecule has 0 radical (unpaired) electrons. The molecule has 0 fully saturated rings. The first kappa shape index (κ1) is 18.1. The molecule has 2 aromatic rings. The standard InChI is InChI=1S/C20H25FN2O/c1-14-10-17(13-19(21)11-14)12-15(2)23-9-3-4-16-5-7-18(8-6-16)20(22)24/h5-8,10-11,13,15,23H,3-4,9,12H2,1-2H3,(H2,22,24). The van der Waals surface area contributed by atoms with Crippen molar-refractivity contribution in [3.63, 3.8) is 0 Å². The quantitative estimate of drug-likeness (QED) is 0.730. The number of nitrogens with one attached hydrogen (secondary N) is 1. The van der Waals surface area contributed by atoms with E-state index in [-0.39, 0.29) is 5.82 Å². The molecule has 1 unspecified atom stereocenters. The normalized spacial score (nSPS) is 12.1. The van der Waals surface area contributed by atoms with Crippen LogP contribution in [0.25, 0.3) is 0 Å². The van der Waals surface area contributed by atoms with Gasteiger partial charge in [-0.3, -0.25) is 4.79 Å². The maximum Gasteiger partial charge on any atom is 0.248 e. The van der Waals surface area contributed by atoms with Crippen LogP contribution in [0.1, 0.15) is 40.4 Å². The molecule has 3 nitrogen and oxygen atoms in total. The van der Waals surface area contributed by atoms with E-state index in [1.165, 1.54) is 5.56 Å². The summed E-state index contributed by atoms with van der Waals surface area (Å²) in [6.45, 7) is 4.92. The highest BCUT2D eigenvalue weighted by Gasteiger charge is 2.05. The Labute approximate surface area is 143 Å². The van der Waals surface area contributed by atoms with Gasteiger partial charge in [0, 0.05) is 11.6 Å². The van der Waals surface area contributed by atoms with E-state index < -0.39 is 5.91 Å². The van der Waals surface area contributed by atoms with Gasteiger partial charge in [-0.25, -0.2) is 4.39 Å². The van der Waals surface area contributed by atoms with Crippen LogP contribution in [-0.2, 0) is 12.8 Å². The van der Waals surface area contributed by atoms with Crippen LogP contribution in [0, 0.1) is 12.7 Å². The molecule has 0 aliphatic heterocycles. The van der Waals surface area contributed by atoms with E-state index in [1.54, 1.807) is 24.3 Å². The molecule has 1 amide bonds. The number of rotatable bonds is 8. The van der Waals surface area contributed by atoms with Crippen molar-refractivity contribution < 1.29 is 9.18 Å². The average molecular weight is 328 g/mol. The molecule has 0 aliphatic rings. The van der Waals surface area contributed by atoms with Crippen LogP contribution in [0.5, 0.6) is 0 Å². The Morgan fingerprint density at radius 2 is 1.88 bits per heavy atom. The van der Waals surface area contributed by atoms with Gasteiger partial charge in [-0.1, -0.05) is 18.2 Å². The SMILES string of the molecule is Cc1cc(F)cc(CC(C)NCCCc2ccc(C(N)=O)cc2)c1. The van der Waals surface area contributed by atoms with Crippen molar-refractivity contribution in [3.8, 4) is 0 Å². The minimum atomic E-state index is -0.398. The molecule has 24 heavy (non-hydrogen) atoms. The van der Waals surface area contributed by atoms with Crippen molar-refractivity contribution in [2.75, 3.05) is 6.54 Å². The van der Waals surface area contributed by atoms with Gasteiger partial charge in [-0.2, -0.15) is 0 Å². The molecular formula is C20H25FN2O. The fourth-order valence-electron chi connectivity index (χ4n) is 2.83. The summed E-state index contributed by atoms with van der Waals surface area (Å²) in [5, 5.41) is 3.47. The predicted octanol–water partition coefficient (Wildman–Crippen LogP) is 3.39. The largest absolute Gasteiger partial charge is 0.366 e. The lowest BCUT2D eigenvalue weighted by Gasteiger charge is -2.14. The number of nitrogens with two attached hydrogens (primary N) is 1. The number of carbonyl (C=O) groups excluding carboxylic acids is 1. The second kappa shape index (κ2) is 8.60. The summed E-state index contributed by atoms with van der Waals surface area (Å²) in [6.07, 6.45) is 2.76. The number of halogens is 1. The van der Waals surface area contributed by atoms with E-state index in [9.17, 15) is 9.18 Å². The van der Waals surface area contributed by atoms with Gasteiger partial charge >= 0.3 is 0 Å². The first-order chi connectivity index (χ1) is 11.4. The molecule has 2 aromatic carbocycles. The molecule has 0 aliphatic carbocycles. The molecule has 0 aromatic heterocycles. The zero-order valence-electron chi connectivity index (χ0n) is 14.3. The molecule has 128 valence electrons. The summed E-state index contributed by atoms with van der Waals surface area (Å²) >= 11 is 0. The summed E-state index contributed by atoms with van der Waals surface area (Å²) in [5.41, 5.74) is 8.93. The third kappa shape index (κ3) is 5.78. The Kier molecular flexibility index (Phi) is 6.50. The maximum absolute atomic E-state index is 13.4. The number of hydrogen-bond acceptors (Lipinski definition) is 2. The van der Waals surface area contributed by atoms with Gasteiger partial charge in [0.2, 0.25) is 5.91 Å². The molecule has 0 spiro atoms. The van der Waals surface area contributed by atoms with Crippen LogP contribution < -0.4 is 11.1 Å². The van der Waals surface area contributed by atoms with Gasteiger partial charge in [0.15, 0.2) is 0 Å². The van der Waals surface area contributed by atoms with Crippen molar-refractivity contribution in [1.29, 1.82) is 0 Å². The molecule has 0 saturated carbocycles. The van der Waals surface area contributed by atoms with Gasteiger partial charge in [-0.05, 0) is 80.6 Å². The Morgan fingerprint density at radius 3 is 2.50 bits per heavy atom. The second-order valence-corrected chi connectivity index (χ2v) is 6.36. The number of primary amides is 1. The van der Waals surface area contributed by atoms with Crippen molar-refractivity contribution in [3.05, 3.63) is 70.5 Å². The lowest BCUT2D eigenvalue weighted by Crippen LogP contribution is -2.29. The molecule has 0 bridgehead atoms. The van der Waals surface area contributed by atoms with Gasteiger partial charge in [0.25, 0.3) is 0 Å². The number of carbonyl (C=O) groups is 1. The first-order valence-electron chi connectivity index (χ1n) is 8.32. The molecule has 4 heteroatoms. The van der Waals surface area contributed by atoms with Crippen molar-refractivity contribution in [1.82, 2.24) is 5.32 Å². The monoisotopic (exact) mass is 328 g/mol. The highest BCUT2D eigenvalue weighted by Crippen LogP contribution is 2.11. The summed E-state index contributed by atoms with van der Waals surface area (Å²) in [4.78, 5) is 11.0. The molecular weight excluding hydrogens is 303 g/mol. The van der Waals surface area contributed by atoms with Gasteiger partial charge in [0.05, 0.1) is 0 Å². The molecule has 2 rings (SSSR count). The van der Waals surface area contributed by atoms with E-state index in [0.29, 0.717) is 11.6 Å². The first-order valence-corrected chi connectivity index (χ1v) is 8.32. The Bertz CT molecular complexity index is 662.